The fourth-order valence-electron chi connectivity index (χ4n) is 3.78. The van der Waals surface area contributed by atoms with Gasteiger partial charge >= 0.3 is 0 Å². The summed E-state index contributed by atoms with van der Waals surface area (Å²) in [6.07, 6.45) is 8.28. The fraction of sp³-hybridized carbons (Fsp3) is 1.00. The maximum Gasteiger partial charge on any atom is 0.00957 e. The van der Waals surface area contributed by atoms with Gasteiger partial charge in [0.15, 0.2) is 0 Å². The van der Waals surface area contributed by atoms with E-state index in [1.165, 1.54) is 58.2 Å². The van der Waals surface area contributed by atoms with Gasteiger partial charge in [0.2, 0.25) is 0 Å². The van der Waals surface area contributed by atoms with Gasteiger partial charge < -0.3 is 10.2 Å². The summed E-state index contributed by atoms with van der Waals surface area (Å²) in [6.45, 7) is 13.4. The van der Waals surface area contributed by atoms with Crippen LogP contribution in [0.15, 0.2) is 0 Å². The van der Waals surface area contributed by atoms with E-state index in [1.54, 1.807) is 0 Å². The fourth-order valence-corrected chi connectivity index (χ4v) is 3.78. The lowest BCUT2D eigenvalue weighted by molar-refractivity contribution is 0.0832. The summed E-state index contributed by atoms with van der Waals surface area (Å²) in [5, 5.41) is 3.73. The molecule has 0 bridgehead atoms. The molecule has 1 saturated carbocycles. The molecule has 2 fully saturated rings. The van der Waals surface area contributed by atoms with Crippen LogP contribution in [-0.2, 0) is 0 Å². The smallest absolute Gasteiger partial charge is 0.00957 e. The third kappa shape index (κ3) is 4.46. The molecule has 2 unspecified atom stereocenters. The second-order valence-corrected chi connectivity index (χ2v) is 7.80. The molecule has 0 aromatic heterocycles. The van der Waals surface area contributed by atoms with Crippen molar-refractivity contribution in [2.75, 3.05) is 19.6 Å². The Labute approximate surface area is 120 Å². The zero-order valence-electron chi connectivity index (χ0n) is 13.5. The standard InChI is InChI=1S/C17H34N2/c1-5-15-8-11-19(13-14(2)12-18-15)16-6-9-17(3,4)10-7-16/h14-16,18H,5-13H2,1-4H3. The minimum absolute atomic E-state index is 0.596. The molecular weight excluding hydrogens is 232 g/mol. The largest absolute Gasteiger partial charge is 0.314 e. The lowest BCUT2D eigenvalue weighted by atomic mass is 9.75. The molecule has 2 rings (SSSR count). The van der Waals surface area contributed by atoms with Gasteiger partial charge in [0.05, 0.1) is 0 Å². The summed E-state index contributed by atoms with van der Waals surface area (Å²) in [5.74, 6) is 0.796. The van der Waals surface area contributed by atoms with Crippen LogP contribution in [0.5, 0.6) is 0 Å². The van der Waals surface area contributed by atoms with Gasteiger partial charge in [-0.2, -0.15) is 0 Å². The molecule has 2 nitrogen and oxygen atoms in total. The average molecular weight is 266 g/mol. The van der Waals surface area contributed by atoms with Gasteiger partial charge in [-0.3, -0.25) is 0 Å². The molecule has 2 atom stereocenters. The summed E-state index contributed by atoms with van der Waals surface area (Å²) in [5.41, 5.74) is 0.596. The first-order chi connectivity index (χ1) is 9.00. The van der Waals surface area contributed by atoms with Crippen molar-refractivity contribution in [3.05, 3.63) is 0 Å². The van der Waals surface area contributed by atoms with Crippen LogP contribution in [0.3, 0.4) is 0 Å². The number of hydrogen-bond donors (Lipinski definition) is 1. The molecule has 2 aliphatic rings. The molecule has 0 spiro atoms. The monoisotopic (exact) mass is 266 g/mol. The lowest BCUT2D eigenvalue weighted by Crippen LogP contribution is -2.48. The highest BCUT2D eigenvalue weighted by Crippen LogP contribution is 2.37. The maximum absolute atomic E-state index is 3.73. The van der Waals surface area contributed by atoms with E-state index in [-0.39, 0.29) is 0 Å². The Bertz CT molecular complexity index is 264. The molecule has 1 aliphatic carbocycles. The number of nitrogens with one attached hydrogen (secondary N) is 1. The third-order valence-corrected chi connectivity index (χ3v) is 5.38. The van der Waals surface area contributed by atoms with E-state index in [9.17, 15) is 0 Å². The normalized spacial score (nSPS) is 34.7. The molecule has 1 heterocycles. The minimum Gasteiger partial charge on any atom is -0.314 e. The quantitative estimate of drug-likeness (QED) is 0.820. The minimum atomic E-state index is 0.596. The second kappa shape index (κ2) is 6.58. The van der Waals surface area contributed by atoms with Crippen LogP contribution in [0.1, 0.15) is 66.2 Å². The summed E-state index contributed by atoms with van der Waals surface area (Å²) < 4.78 is 0. The summed E-state index contributed by atoms with van der Waals surface area (Å²) in [7, 11) is 0. The second-order valence-electron chi connectivity index (χ2n) is 7.80. The molecule has 2 heteroatoms. The van der Waals surface area contributed by atoms with Crippen LogP contribution in [0.25, 0.3) is 0 Å². The third-order valence-electron chi connectivity index (χ3n) is 5.38. The van der Waals surface area contributed by atoms with Crippen LogP contribution < -0.4 is 5.32 Å². The Balaban J connectivity index is 1.90. The zero-order chi connectivity index (χ0) is 13.9. The Kier molecular flexibility index (Phi) is 5.30. The van der Waals surface area contributed by atoms with Crippen LogP contribution in [-0.4, -0.2) is 36.6 Å². The molecule has 0 amide bonds. The SMILES string of the molecule is CCC1CCN(C2CCC(C)(C)CC2)CC(C)CN1. The summed E-state index contributed by atoms with van der Waals surface area (Å²) in [4.78, 5) is 2.82. The molecule has 0 radical (unpaired) electrons. The Hall–Kier alpha value is -0.0800. The van der Waals surface area contributed by atoms with Gasteiger partial charge in [-0.1, -0.05) is 27.7 Å². The van der Waals surface area contributed by atoms with Crippen molar-refractivity contribution in [1.82, 2.24) is 10.2 Å². The Morgan fingerprint density at radius 3 is 2.47 bits per heavy atom. The van der Waals surface area contributed by atoms with Crippen molar-refractivity contribution in [1.29, 1.82) is 0 Å². The molecule has 0 aromatic rings. The van der Waals surface area contributed by atoms with Gasteiger partial charge in [0.25, 0.3) is 0 Å². The van der Waals surface area contributed by atoms with Crippen LogP contribution in [0, 0.1) is 11.3 Å². The van der Waals surface area contributed by atoms with Crippen molar-refractivity contribution in [2.45, 2.75) is 78.3 Å². The number of nitrogens with zero attached hydrogens (tertiary/aromatic N) is 1. The Morgan fingerprint density at radius 1 is 1.16 bits per heavy atom. The molecule has 1 aliphatic heterocycles. The summed E-state index contributed by atoms with van der Waals surface area (Å²) >= 11 is 0. The van der Waals surface area contributed by atoms with Crippen LogP contribution in [0.4, 0.5) is 0 Å². The van der Waals surface area contributed by atoms with Gasteiger partial charge in [-0.05, 0) is 62.9 Å². The first-order valence-corrected chi connectivity index (χ1v) is 8.47. The van der Waals surface area contributed by atoms with Crippen LogP contribution in [0.2, 0.25) is 0 Å². The van der Waals surface area contributed by atoms with Crippen molar-refractivity contribution >= 4 is 0 Å². The molecule has 1 saturated heterocycles. The maximum atomic E-state index is 3.73. The predicted molar refractivity (Wildman–Crippen MR) is 83.5 cm³/mol. The molecule has 0 aromatic carbocycles. The molecule has 1 N–H and O–H groups in total. The first-order valence-electron chi connectivity index (χ1n) is 8.47. The van der Waals surface area contributed by atoms with E-state index in [2.05, 4.69) is 37.9 Å². The van der Waals surface area contributed by atoms with Crippen molar-refractivity contribution in [2.24, 2.45) is 11.3 Å². The highest BCUT2D eigenvalue weighted by Gasteiger charge is 2.31. The van der Waals surface area contributed by atoms with E-state index in [4.69, 9.17) is 0 Å². The first kappa shape index (κ1) is 15.3. The summed E-state index contributed by atoms with van der Waals surface area (Å²) in [6, 6.07) is 1.61. The van der Waals surface area contributed by atoms with E-state index in [0.29, 0.717) is 5.41 Å². The lowest BCUT2D eigenvalue weighted by Gasteiger charge is -2.42. The van der Waals surface area contributed by atoms with E-state index < -0.39 is 0 Å². The Morgan fingerprint density at radius 2 is 1.84 bits per heavy atom. The van der Waals surface area contributed by atoms with Crippen molar-refractivity contribution in [3.63, 3.8) is 0 Å². The van der Waals surface area contributed by atoms with Gasteiger partial charge in [0.1, 0.15) is 0 Å². The van der Waals surface area contributed by atoms with Crippen molar-refractivity contribution in [3.8, 4) is 0 Å². The molecule has 19 heavy (non-hydrogen) atoms. The number of hydrogen-bond acceptors (Lipinski definition) is 2. The highest BCUT2D eigenvalue weighted by molar-refractivity contribution is 4.86. The molecular formula is C17H34N2. The topological polar surface area (TPSA) is 15.3 Å². The van der Waals surface area contributed by atoms with Gasteiger partial charge in [-0.25, -0.2) is 0 Å². The van der Waals surface area contributed by atoms with E-state index in [0.717, 1.165) is 18.0 Å². The van der Waals surface area contributed by atoms with Gasteiger partial charge in [0, 0.05) is 18.6 Å². The van der Waals surface area contributed by atoms with E-state index >= 15 is 0 Å². The predicted octanol–water partition coefficient (Wildman–Crippen LogP) is 3.67. The average Bonchev–Trinajstić information content (AvgIpc) is 2.35. The highest BCUT2D eigenvalue weighted by atomic mass is 15.2. The molecule has 112 valence electrons. The van der Waals surface area contributed by atoms with Crippen LogP contribution >= 0.6 is 0 Å². The number of rotatable bonds is 2. The van der Waals surface area contributed by atoms with Crippen molar-refractivity contribution < 1.29 is 0 Å². The van der Waals surface area contributed by atoms with Gasteiger partial charge in [-0.15, -0.1) is 0 Å². The zero-order valence-corrected chi connectivity index (χ0v) is 13.5. The van der Waals surface area contributed by atoms with E-state index in [1.807, 2.05) is 0 Å².